The quantitative estimate of drug-likeness (QED) is 0.260. The van der Waals surface area contributed by atoms with Crippen LogP contribution in [0, 0.1) is 0 Å². The number of hydrogen-bond donors (Lipinski definition) is 1. The fraction of sp³-hybridized carbons (Fsp3) is 0.217. The molecule has 1 heterocycles. The van der Waals surface area contributed by atoms with Gasteiger partial charge in [0.1, 0.15) is 0 Å². The number of ether oxygens (including phenoxy) is 1. The van der Waals surface area contributed by atoms with E-state index in [4.69, 9.17) is 5.73 Å². The van der Waals surface area contributed by atoms with Crippen LogP contribution in [0.1, 0.15) is 31.8 Å². The largest absolute Gasteiger partial charge is 0.465 e. The second-order valence-electron chi connectivity index (χ2n) is 6.23. The first-order valence-electron chi connectivity index (χ1n) is 9.25. The smallest absolute Gasteiger partial charge is 0.338 e. The number of carbonyl (C=O) groups excluding carboxylic acids is 2. The predicted molar refractivity (Wildman–Crippen MR) is 136 cm³/mol. The molecule has 2 aromatic carbocycles. The molecule has 166 valence electrons. The maximum atomic E-state index is 11.8. The maximum absolute atomic E-state index is 11.8. The highest BCUT2D eigenvalue weighted by Crippen LogP contribution is 2.25. The summed E-state index contributed by atoms with van der Waals surface area (Å²) in [7, 11) is 1.38. The number of amides is 1. The summed E-state index contributed by atoms with van der Waals surface area (Å²) in [6, 6.07) is 11.2. The Balaban J connectivity index is 0.000000266. The van der Waals surface area contributed by atoms with Crippen molar-refractivity contribution < 1.29 is 14.3 Å². The van der Waals surface area contributed by atoms with E-state index in [0.717, 1.165) is 25.6 Å². The normalized spacial score (nSPS) is 11.4. The molecule has 0 saturated heterocycles. The van der Waals surface area contributed by atoms with Gasteiger partial charge in [-0.3, -0.25) is 4.79 Å². The minimum Gasteiger partial charge on any atom is -0.465 e. The average Bonchev–Trinajstić information content (AvgIpc) is 3.08. The molecule has 1 aliphatic rings. The Labute approximate surface area is 208 Å². The standard InChI is InChI=1S/C11H10BrNO.C9H8Br2O2.C3H7N/c1-2-5-13-7-8-6-9(12)3-4-10(8)11(13)14;1-13-9(12)8-3-2-7(11)4-6(8)5-10;1-2-3-4/h2-4,6H,1,5,7H2;2-4H,5H2,1H3;2H,1,3-4H2. The summed E-state index contributed by atoms with van der Waals surface area (Å²) < 4.78 is 6.61. The molecule has 3 rings (SSSR count). The predicted octanol–water partition coefficient (Wildman–Crippen LogP) is 5.85. The number of esters is 1. The summed E-state index contributed by atoms with van der Waals surface area (Å²) in [5.41, 5.74) is 8.33. The van der Waals surface area contributed by atoms with E-state index in [1.807, 2.05) is 30.3 Å². The van der Waals surface area contributed by atoms with Crippen molar-refractivity contribution in [3.05, 3.63) is 92.9 Å². The minimum absolute atomic E-state index is 0.104. The zero-order chi connectivity index (χ0) is 23.4. The van der Waals surface area contributed by atoms with Crippen molar-refractivity contribution in [2.75, 3.05) is 20.2 Å². The van der Waals surface area contributed by atoms with Crippen LogP contribution in [0.5, 0.6) is 0 Å². The van der Waals surface area contributed by atoms with Crippen LogP contribution in [-0.2, 0) is 16.6 Å². The van der Waals surface area contributed by atoms with Gasteiger partial charge in [0, 0.05) is 39.5 Å². The second-order valence-corrected chi connectivity index (χ2v) is 8.62. The number of methoxy groups -OCH3 is 1. The molecule has 0 aromatic heterocycles. The van der Waals surface area contributed by atoms with Crippen molar-refractivity contribution >= 4 is 59.7 Å². The van der Waals surface area contributed by atoms with E-state index in [1.54, 1.807) is 23.1 Å². The number of rotatable bonds is 5. The lowest BCUT2D eigenvalue weighted by Crippen LogP contribution is -2.23. The molecule has 0 aliphatic carbocycles. The van der Waals surface area contributed by atoms with Crippen molar-refractivity contribution in [1.29, 1.82) is 0 Å². The van der Waals surface area contributed by atoms with Crippen molar-refractivity contribution in [3.63, 3.8) is 0 Å². The number of alkyl halides is 1. The van der Waals surface area contributed by atoms with E-state index in [0.29, 0.717) is 30.5 Å². The van der Waals surface area contributed by atoms with E-state index in [-0.39, 0.29) is 11.9 Å². The van der Waals surface area contributed by atoms with E-state index in [1.165, 1.54) is 7.11 Å². The van der Waals surface area contributed by atoms with E-state index >= 15 is 0 Å². The molecule has 0 unspecified atom stereocenters. The van der Waals surface area contributed by atoms with Gasteiger partial charge in [-0.25, -0.2) is 4.79 Å². The van der Waals surface area contributed by atoms with E-state index in [2.05, 4.69) is 65.7 Å². The van der Waals surface area contributed by atoms with Gasteiger partial charge in [-0.05, 0) is 47.5 Å². The van der Waals surface area contributed by atoms with Gasteiger partial charge in [-0.15, -0.1) is 13.2 Å². The first-order valence-corrected chi connectivity index (χ1v) is 12.0. The fourth-order valence-corrected chi connectivity index (χ4v) is 3.92. The Hall–Kier alpha value is -1.74. The molecule has 0 saturated carbocycles. The van der Waals surface area contributed by atoms with Crippen LogP contribution in [0.15, 0.2) is 70.7 Å². The molecule has 1 amide bonds. The van der Waals surface area contributed by atoms with Gasteiger partial charge in [-0.1, -0.05) is 59.9 Å². The Morgan fingerprint density at radius 1 is 1.16 bits per heavy atom. The van der Waals surface area contributed by atoms with Crippen LogP contribution in [0.3, 0.4) is 0 Å². The number of hydrogen-bond acceptors (Lipinski definition) is 4. The molecular weight excluding hydrogens is 592 g/mol. The van der Waals surface area contributed by atoms with Gasteiger partial charge in [0.2, 0.25) is 0 Å². The summed E-state index contributed by atoms with van der Waals surface area (Å²) in [5.74, 6) is -0.200. The first kappa shape index (κ1) is 27.3. The number of benzene rings is 2. The van der Waals surface area contributed by atoms with Gasteiger partial charge in [0.15, 0.2) is 0 Å². The molecule has 8 heteroatoms. The molecule has 1 aliphatic heterocycles. The summed E-state index contributed by atoms with van der Waals surface area (Å²) >= 11 is 10.0. The Bertz CT molecular complexity index is 932. The molecule has 0 spiro atoms. The summed E-state index contributed by atoms with van der Waals surface area (Å²) in [5, 5.41) is 0.636. The molecular formula is C23H25Br3N2O3. The number of fused-ring (bicyclic) bond motifs is 1. The molecule has 5 nitrogen and oxygen atoms in total. The zero-order valence-corrected chi connectivity index (χ0v) is 22.0. The Morgan fingerprint density at radius 3 is 2.32 bits per heavy atom. The van der Waals surface area contributed by atoms with Crippen molar-refractivity contribution in [2.45, 2.75) is 11.9 Å². The SMILES string of the molecule is C=CCN.C=CCN1Cc2cc(Br)ccc2C1=O.COC(=O)c1ccc(Br)cc1CBr. The average molecular weight is 617 g/mol. The first-order chi connectivity index (χ1) is 14.8. The van der Waals surface area contributed by atoms with Crippen LogP contribution >= 0.6 is 47.8 Å². The van der Waals surface area contributed by atoms with Gasteiger partial charge >= 0.3 is 5.97 Å². The zero-order valence-electron chi connectivity index (χ0n) is 17.2. The molecule has 0 fully saturated rings. The maximum Gasteiger partial charge on any atom is 0.338 e. The number of nitrogens with two attached hydrogens (primary N) is 1. The molecule has 0 bridgehead atoms. The lowest BCUT2D eigenvalue weighted by Gasteiger charge is -2.11. The number of carbonyl (C=O) groups is 2. The lowest BCUT2D eigenvalue weighted by atomic mass is 10.1. The number of halogens is 3. The van der Waals surface area contributed by atoms with Crippen LogP contribution in [0.2, 0.25) is 0 Å². The van der Waals surface area contributed by atoms with Crippen molar-refractivity contribution in [3.8, 4) is 0 Å². The summed E-state index contributed by atoms with van der Waals surface area (Å²) in [4.78, 5) is 24.8. The van der Waals surface area contributed by atoms with Gasteiger partial charge < -0.3 is 15.4 Å². The molecule has 31 heavy (non-hydrogen) atoms. The van der Waals surface area contributed by atoms with E-state index in [9.17, 15) is 9.59 Å². The third-order valence-electron chi connectivity index (χ3n) is 4.08. The molecule has 0 radical (unpaired) electrons. The Morgan fingerprint density at radius 2 is 1.77 bits per heavy atom. The van der Waals surface area contributed by atoms with Crippen LogP contribution in [0.25, 0.3) is 0 Å². The van der Waals surface area contributed by atoms with E-state index < -0.39 is 0 Å². The summed E-state index contributed by atoms with van der Waals surface area (Å²) in [6.07, 6.45) is 3.40. The summed E-state index contributed by atoms with van der Waals surface area (Å²) in [6.45, 7) is 8.88. The second kappa shape index (κ2) is 14.3. The molecule has 2 N–H and O–H groups in total. The van der Waals surface area contributed by atoms with Crippen LogP contribution < -0.4 is 5.73 Å². The topological polar surface area (TPSA) is 72.6 Å². The highest BCUT2D eigenvalue weighted by Gasteiger charge is 2.25. The highest BCUT2D eigenvalue weighted by atomic mass is 79.9. The van der Waals surface area contributed by atoms with Crippen molar-refractivity contribution in [1.82, 2.24) is 4.90 Å². The number of nitrogens with zero attached hydrogens (tertiary/aromatic N) is 1. The third kappa shape index (κ3) is 8.37. The third-order valence-corrected chi connectivity index (χ3v) is 5.67. The van der Waals surface area contributed by atoms with Gasteiger partial charge in [0.05, 0.1) is 12.7 Å². The van der Waals surface area contributed by atoms with Crippen LogP contribution in [0.4, 0.5) is 0 Å². The van der Waals surface area contributed by atoms with Crippen LogP contribution in [-0.4, -0.2) is 37.0 Å². The Kier molecular flexibility index (Phi) is 12.6. The highest BCUT2D eigenvalue weighted by molar-refractivity contribution is 9.10. The fourth-order valence-electron chi connectivity index (χ4n) is 2.63. The van der Waals surface area contributed by atoms with Gasteiger partial charge in [0.25, 0.3) is 5.91 Å². The minimum atomic E-state index is -0.304. The molecule has 0 atom stereocenters. The van der Waals surface area contributed by atoms with Crippen molar-refractivity contribution in [2.24, 2.45) is 5.73 Å². The lowest BCUT2D eigenvalue weighted by molar-refractivity contribution is 0.0599. The monoisotopic (exact) mass is 614 g/mol. The molecule has 2 aromatic rings. The van der Waals surface area contributed by atoms with Gasteiger partial charge in [-0.2, -0.15) is 0 Å².